The van der Waals surface area contributed by atoms with E-state index in [0.717, 1.165) is 38.4 Å². The predicted molar refractivity (Wildman–Crippen MR) is 217 cm³/mol. The number of sulfonamides is 1. The number of nitrogens with two attached hydrogens (primary N) is 2. The summed E-state index contributed by atoms with van der Waals surface area (Å²) in [6.07, 6.45) is 0. The van der Waals surface area contributed by atoms with Crippen molar-refractivity contribution in [2.75, 3.05) is 73.6 Å². The third kappa shape index (κ3) is 7.77. The van der Waals surface area contributed by atoms with Gasteiger partial charge < -0.3 is 31.1 Å². The van der Waals surface area contributed by atoms with E-state index in [4.69, 9.17) is 16.2 Å². The molecule has 0 spiro atoms. The smallest absolute Gasteiger partial charge is 0.243 e. The van der Waals surface area contributed by atoms with Gasteiger partial charge in [0, 0.05) is 76.1 Å². The molecule has 0 radical (unpaired) electrons. The first-order chi connectivity index (χ1) is 27.2. The summed E-state index contributed by atoms with van der Waals surface area (Å²) in [6.45, 7) is 5.49. The number of hydrogen-bond acceptors (Lipinski definition) is 13. The van der Waals surface area contributed by atoms with Gasteiger partial charge in [-0.1, -0.05) is 60.7 Å². The molecule has 8 rings (SSSR count). The Balaban J connectivity index is 0.948. The van der Waals surface area contributed by atoms with E-state index in [-0.39, 0.29) is 29.6 Å². The molecule has 0 atom stereocenters. The lowest BCUT2D eigenvalue weighted by atomic mass is 10.1. The van der Waals surface area contributed by atoms with Gasteiger partial charge in [0.1, 0.15) is 17.2 Å². The number of aromatic nitrogens is 4. The predicted octanol–water partition coefficient (Wildman–Crippen LogP) is 5.10. The standard InChI is InChI=1S/C41H42N10O4S/c42-40-36(26-34(44-46-40)32-13-4-6-15-38(32)52)50-21-23-51(24-22-50)56(53,54)31-12-8-11-30(25-31)55-39-16-7-5-14-33(39)35-27-37(41(43)47-45-35)49-19-17-48(18-20-49)28-29-9-2-1-3-10-29/h1-16,25-27,52H,17-24,28H2,(H2,42,46)(H2,43,47). The van der Waals surface area contributed by atoms with Crippen LogP contribution in [-0.2, 0) is 16.6 Å². The fourth-order valence-corrected chi connectivity index (χ4v) is 8.60. The van der Waals surface area contributed by atoms with Crippen molar-refractivity contribution in [1.29, 1.82) is 0 Å². The fourth-order valence-electron chi connectivity index (χ4n) is 7.14. The molecule has 2 aromatic heterocycles. The van der Waals surface area contributed by atoms with Crippen molar-refractivity contribution < 1.29 is 18.3 Å². The summed E-state index contributed by atoms with van der Waals surface area (Å²) in [4.78, 5) is 6.77. The molecule has 0 unspecified atom stereocenters. The summed E-state index contributed by atoms with van der Waals surface area (Å²) in [7, 11) is -3.87. The second-order valence-corrected chi connectivity index (χ2v) is 15.7. The first-order valence-electron chi connectivity index (χ1n) is 18.4. The zero-order chi connectivity index (χ0) is 38.6. The summed E-state index contributed by atoms with van der Waals surface area (Å²) in [5.74, 6) is 1.53. The molecule has 0 saturated carbocycles. The minimum Gasteiger partial charge on any atom is -0.507 e. The van der Waals surface area contributed by atoms with E-state index in [1.165, 1.54) is 15.9 Å². The summed E-state index contributed by atoms with van der Waals surface area (Å²) < 4.78 is 35.7. The summed E-state index contributed by atoms with van der Waals surface area (Å²) in [5, 5.41) is 27.4. The third-order valence-electron chi connectivity index (χ3n) is 10.2. The average molecular weight is 771 g/mol. The van der Waals surface area contributed by atoms with Gasteiger partial charge in [-0.2, -0.15) is 4.31 Å². The Kier molecular flexibility index (Phi) is 10.4. The van der Waals surface area contributed by atoms with Crippen molar-refractivity contribution in [3.05, 3.63) is 121 Å². The van der Waals surface area contributed by atoms with Crippen LogP contribution < -0.4 is 26.0 Å². The molecule has 2 fully saturated rings. The molecule has 56 heavy (non-hydrogen) atoms. The molecular formula is C41H42N10O4S. The van der Waals surface area contributed by atoms with Crippen molar-refractivity contribution in [2.24, 2.45) is 0 Å². The van der Waals surface area contributed by atoms with Crippen LogP contribution in [0.3, 0.4) is 0 Å². The molecule has 15 heteroatoms. The van der Waals surface area contributed by atoms with Crippen molar-refractivity contribution in [3.63, 3.8) is 0 Å². The van der Waals surface area contributed by atoms with E-state index < -0.39 is 10.0 Å². The number of aromatic hydroxyl groups is 1. The number of nitrogens with zero attached hydrogens (tertiary/aromatic N) is 8. The Labute approximate surface area is 325 Å². The molecule has 286 valence electrons. The van der Waals surface area contributed by atoms with Crippen molar-refractivity contribution >= 4 is 33.0 Å². The summed E-state index contributed by atoms with van der Waals surface area (Å²) >= 11 is 0. The van der Waals surface area contributed by atoms with Gasteiger partial charge in [0.15, 0.2) is 11.6 Å². The fraction of sp³-hybridized carbons (Fsp3) is 0.220. The number of hydrogen-bond donors (Lipinski definition) is 3. The van der Waals surface area contributed by atoms with Gasteiger partial charge in [-0.15, -0.1) is 20.4 Å². The second-order valence-electron chi connectivity index (χ2n) is 13.7. The Bertz CT molecular complexity index is 2440. The quantitative estimate of drug-likeness (QED) is 0.168. The molecule has 2 aliphatic rings. The van der Waals surface area contributed by atoms with Gasteiger partial charge in [-0.3, -0.25) is 4.90 Å². The van der Waals surface area contributed by atoms with E-state index in [2.05, 4.69) is 54.5 Å². The largest absolute Gasteiger partial charge is 0.507 e. The number of benzene rings is 4. The first-order valence-corrected chi connectivity index (χ1v) is 19.9. The van der Waals surface area contributed by atoms with Gasteiger partial charge in [0.05, 0.1) is 27.7 Å². The maximum Gasteiger partial charge on any atom is 0.243 e. The highest BCUT2D eigenvalue weighted by molar-refractivity contribution is 7.89. The number of ether oxygens (including phenoxy) is 1. The number of phenols is 1. The van der Waals surface area contributed by atoms with Crippen LogP contribution in [0.2, 0.25) is 0 Å². The lowest BCUT2D eigenvalue weighted by Gasteiger charge is -2.36. The van der Waals surface area contributed by atoms with Crippen LogP contribution in [0.4, 0.5) is 23.0 Å². The van der Waals surface area contributed by atoms with Gasteiger partial charge in [0.2, 0.25) is 10.0 Å². The highest BCUT2D eigenvalue weighted by atomic mass is 32.2. The van der Waals surface area contributed by atoms with Crippen LogP contribution in [0.25, 0.3) is 22.5 Å². The van der Waals surface area contributed by atoms with Gasteiger partial charge in [-0.05, 0) is 54.1 Å². The average Bonchev–Trinajstić information content (AvgIpc) is 3.23. The molecule has 4 heterocycles. The zero-order valence-electron chi connectivity index (χ0n) is 30.6. The molecule has 5 N–H and O–H groups in total. The van der Waals surface area contributed by atoms with Gasteiger partial charge in [-0.25, -0.2) is 8.42 Å². The van der Waals surface area contributed by atoms with Crippen molar-refractivity contribution in [3.8, 4) is 39.8 Å². The highest BCUT2D eigenvalue weighted by Gasteiger charge is 2.30. The molecule has 4 aromatic carbocycles. The van der Waals surface area contributed by atoms with Crippen LogP contribution in [-0.4, -0.2) is 95.5 Å². The summed E-state index contributed by atoms with van der Waals surface area (Å²) in [6, 6.07) is 35.0. The lowest BCUT2D eigenvalue weighted by Crippen LogP contribution is -2.48. The number of phenolic OH excluding ortho intramolecular Hbond substituents is 1. The number of piperazine rings is 2. The second kappa shape index (κ2) is 15.8. The molecule has 0 bridgehead atoms. The van der Waals surface area contributed by atoms with Crippen molar-refractivity contribution in [2.45, 2.75) is 11.4 Å². The maximum atomic E-state index is 13.9. The lowest BCUT2D eigenvalue weighted by molar-refractivity contribution is 0.250. The first kappa shape index (κ1) is 36.7. The third-order valence-corrected chi connectivity index (χ3v) is 12.1. The van der Waals surface area contributed by atoms with Gasteiger partial charge in [0.25, 0.3) is 0 Å². The molecule has 14 nitrogen and oxygen atoms in total. The molecule has 0 aliphatic carbocycles. The van der Waals surface area contributed by atoms with Crippen molar-refractivity contribution in [1.82, 2.24) is 29.6 Å². The van der Waals surface area contributed by atoms with Crippen LogP contribution in [0.5, 0.6) is 17.2 Å². The SMILES string of the molecule is Nc1nnc(-c2ccccc2O)cc1N1CCN(S(=O)(=O)c2cccc(Oc3ccccc3-c3cc(N4CCN(Cc5ccccc5)CC4)c(N)nn3)c2)CC1. The topological polar surface area (TPSA) is 180 Å². The zero-order valence-corrected chi connectivity index (χ0v) is 31.5. The maximum absolute atomic E-state index is 13.9. The van der Waals surface area contributed by atoms with Crippen LogP contribution in [0.1, 0.15) is 5.56 Å². The Morgan fingerprint density at radius 2 is 1.18 bits per heavy atom. The summed E-state index contributed by atoms with van der Waals surface area (Å²) in [5.41, 5.74) is 17.6. The van der Waals surface area contributed by atoms with E-state index in [0.29, 0.717) is 58.6 Å². The molecule has 2 saturated heterocycles. The molecule has 0 amide bonds. The van der Waals surface area contributed by atoms with E-state index in [1.807, 2.05) is 41.3 Å². The number of nitrogen functional groups attached to an aromatic ring is 2. The van der Waals surface area contributed by atoms with E-state index in [9.17, 15) is 13.5 Å². The van der Waals surface area contributed by atoms with E-state index in [1.54, 1.807) is 48.5 Å². The van der Waals surface area contributed by atoms with Crippen LogP contribution in [0, 0.1) is 0 Å². The van der Waals surface area contributed by atoms with Crippen LogP contribution in [0.15, 0.2) is 120 Å². The molecule has 6 aromatic rings. The number of anilines is 4. The molecule has 2 aliphatic heterocycles. The number of rotatable bonds is 10. The highest BCUT2D eigenvalue weighted by Crippen LogP contribution is 2.36. The monoisotopic (exact) mass is 770 g/mol. The van der Waals surface area contributed by atoms with Gasteiger partial charge >= 0.3 is 0 Å². The minimum atomic E-state index is -3.87. The normalized spacial score (nSPS) is 15.5. The Morgan fingerprint density at radius 3 is 1.84 bits per heavy atom. The minimum absolute atomic E-state index is 0.0795. The Morgan fingerprint density at radius 1 is 0.607 bits per heavy atom. The Hall–Kier alpha value is -6.29. The molecular weight excluding hydrogens is 729 g/mol. The van der Waals surface area contributed by atoms with Crippen LogP contribution >= 0.6 is 0 Å². The van der Waals surface area contributed by atoms with E-state index >= 15 is 0 Å². The number of para-hydroxylation sites is 2.